The lowest BCUT2D eigenvalue weighted by Crippen LogP contribution is -2.41. The summed E-state index contributed by atoms with van der Waals surface area (Å²) >= 11 is 2.98. The van der Waals surface area contributed by atoms with Crippen LogP contribution in [0.5, 0.6) is 0 Å². The molecule has 0 aromatic heterocycles. The van der Waals surface area contributed by atoms with Crippen LogP contribution < -0.4 is 5.32 Å². The second-order valence-electron chi connectivity index (χ2n) is 3.77. The molecule has 0 saturated carbocycles. The molecule has 0 heterocycles. The van der Waals surface area contributed by atoms with Crippen molar-refractivity contribution < 1.29 is 19.6 Å². The summed E-state index contributed by atoms with van der Waals surface area (Å²) in [6, 6.07) is 3.59. The highest BCUT2D eigenvalue weighted by Crippen LogP contribution is 2.30. The molecule has 0 aliphatic rings. The van der Waals surface area contributed by atoms with Crippen molar-refractivity contribution in [2.75, 3.05) is 5.75 Å². The topological polar surface area (TPSA) is 110 Å². The highest BCUT2D eigenvalue weighted by molar-refractivity contribution is 14.1. The van der Waals surface area contributed by atoms with Gasteiger partial charge in [-0.25, -0.2) is 4.79 Å². The molecular formula is C11H11IN2O5S. The van der Waals surface area contributed by atoms with Crippen LogP contribution in [0.4, 0.5) is 5.69 Å². The number of carbonyl (C=O) groups is 2. The number of rotatable bonds is 6. The van der Waals surface area contributed by atoms with E-state index < -0.39 is 22.8 Å². The standard InChI is InChI=1S/C11H11IN2O5S/c1-6(15)13-8(11(16)17)5-20-10-3-2-7(12)4-9(10)14(18)19/h2-4,8H,5H2,1H3,(H,13,15)(H,16,17)/t8-/m0/s1. The lowest BCUT2D eigenvalue weighted by molar-refractivity contribution is -0.387. The number of benzene rings is 1. The predicted octanol–water partition coefficient (Wildman–Crippen LogP) is 1.88. The molecule has 1 aromatic carbocycles. The number of thioether (sulfide) groups is 1. The van der Waals surface area contributed by atoms with E-state index in [-0.39, 0.29) is 11.4 Å². The van der Waals surface area contributed by atoms with Crippen LogP contribution in [0.15, 0.2) is 23.1 Å². The van der Waals surface area contributed by atoms with Gasteiger partial charge in [0.2, 0.25) is 5.91 Å². The van der Waals surface area contributed by atoms with Gasteiger partial charge in [-0.3, -0.25) is 14.9 Å². The van der Waals surface area contributed by atoms with Gasteiger partial charge in [0.15, 0.2) is 0 Å². The van der Waals surface area contributed by atoms with Gasteiger partial charge in [-0.15, -0.1) is 11.8 Å². The fraction of sp³-hybridized carbons (Fsp3) is 0.273. The third-order valence-corrected chi connectivity index (χ3v) is 4.03. The minimum Gasteiger partial charge on any atom is -0.480 e. The van der Waals surface area contributed by atoms with Crippen LogP contribution >= 0.6 is 34.4 Å². The molecule has 1 amide bonds. The van der Waals surface area contributed by atoms with E-state index in [2.05, 4.69) is 5.32 Å². The van der Waals surface area contributed by atoms with Crippen LogP contribution in [0, 0.1) is 13.7 Å². The number of halogens is 1. The van der Waals surface area contributed by atoms with Gasteiger partial charge in [-0.05, 0) is 34.7 Å². The number of nitrogens with one attached hydrogen (secondary N) is 1. The molecule has 0 radical (unpaired) electrons. The minimum absolute atomic E-state index is 0.0103. The van der Waals surface area contributed by atoms with Gasteiger partial charge >= 0.3 is 5.97 Å². The average Bonchev–Trinajstić information content (AvgIpc) is 2.34. The smallest absolute Gasteiger partial charge is 0.327 e. The molecule has 0 saturated heterocycles. The fourth-order valence-corrected chi connectivity index (χ4v) is 2.84. The van der Waals surface area contributed by atoms with Gasteiger partial charge in [0, 0.05) is 22.3 Å². The third-order valence-electron chi connectivity index (χ3n) is 2.20. The van der Waals surface area contributed by atoms with Gasteiger partial charge in [-0.2, -0.15) is 0 Å². The van der Waals surface area contributed by atoms with E-state index in [1.807, 2.05) is 22.6 Å². The minimum atomic E-state index is -1.18. The summed E-state index contributed by atoms with van der Waals surface area (Å²) in [5.74, 6) is -1.63. The number of nitrogens with zero attached hydrogens (tertiary/aromatic N) is 1. The first-order valence-electron chi connectivity index (χ1n) is 5.38. The second-order valence-corrected chi connectivity index (χ2v) is 6.08. The molecule has 0 bridgehead atoms. The Bertz CT molecular complexity index is 552. The van der Waals surface area contributed by atoms with E-state index in [9.17, 15) is 19.7 Å². The van der Waals surface area contributed by atoms with Gasteiger partial charge in [0.25, 0.3) is 5.69 Å². The van der Waals surface area contributed by atoms with Crippen molar-refractivity contribution in [3.63, 3.8) is 0 Å². The van der Waals surface area contributed by atoms with Crippen molar-refractivity contribution in [3.8, 4) is 0 Å². The molecule has 2 N–H and O–H groups in total. The monoisotopic (exact) mass is 410 g/mol. The lowest BCUT2D eigenvalue weighted by Gasteiger charge is -2.12. The van der Waals surface area contributed by atoms with Gasteiger partial charge < -0.3 is 10.4 Å². The van der Waals surface area contributed by atoms with Crippen molar-refractivity contribution in [2.45, 2.75) is 17.9 Å². The van der Waals surface area contributed by atoms with Crippen molar-refractivity contribution in [1.82, 2.24) is 5.32 Å². The molecule has 0 aliphatic heterocycles. The van der Waals surface area contributed by atoms with E-state index in [1.54, 1.807) is 12.1 Å². The summed E-state index contributed by atoms with van der Waals surface area (Å²) in [6.45, 7) is 1.22. The molecule has 1 atom stereocenters. The predicted molar refractivity (Wildman–Crippen MR) is 81.8 cm³/mol. The number of aliphatic carboxylic acids is 1. The van der Waals surface area contributed by atoms with E-state index >= 15 is 0 Å². The zero-order valence-electron chi connectivity index (χ0n) is 10.3. The van der Waals surface area contributed by atoms with E-state index in [4.69, 9.17) is 5.11 Å². The normalized spacial score (nSPS) is 11.7. The molecule has 9 heteroatoms. The van der Waals surface area contributed by atoms with Crippen LogP contribution in [0.1, 0.15) is 6.92 Å². The molecule has 20 heavy (non-hydrogen) atoms. The highest BCUT2D eigenvalue weighted by Gasteiger charge is 2.21. The first-order chi connectivity index (χ1) is 9.31. The van der Waals surface area contributed by atoms with Gasteiger partial charge in [0.05, 0.1) is 9.82 Å². The summed E-state index contributed by atoms with van der Waals surface area (Å²) in [5, 5.41) is 22.2. The molecule has 7 nitrogen and oxygen atoms in total. The lowest BCUT2D eigenvalue weighted by atomic mass is 10.3. The Kier molecular flexibility index (Phi) is 6.20. The maximum absolute atomic E-state index is 11.0. The van der Waals surface area contributed by atoms with Crippen LogP contribution in [0.3, 0.4) is 0 Å². The molecule has 1 rings (SSSR count). The maximum Gasteiger partial charge on any atom is 0.327 e. The number of hydrogen-bond donors (Lipinski definition) is 2. The Balaban J connectivity index is 2.85. The molecule has 0 fully saturated rings. The molecule has 108 valence electrons. The van der Waals surface area contributed by atoms with Crippen LogP contribution in [0.2, 0.25) is 0 Å². The summed E-state index contributed by atoms with van der Waals surface area (Å²) in [7, 11) is 0. The summed E-state index contributed by atoms with van der Waals surface area (Å²) in [6.07, 6.45) is 0. The largest absolute Gasteiger partial charge is 0.480 e. The molecule has 1 aromatic rings. The number of carboxylic acid groups (broad SMARTS) is 1. The van der Waals surface area contributed by atoms with Crippen LogP contribution in [-0.2, 0) is 9.59 Å². The second kappa shape index (κ2) is 7.43. The molecule has 0 unspecified atom stereocenters. The first kappa shape index (κ1) is 16.7. The highest BCUT2D eigenvalue weighted by atomic mass is 127. The van der Waals surface area contributed by atoms with Gasteiger partial charge in [-0.1, -0.05) is 0 Å². The number of nitro groups is 1. The van der Waals surface area contributed by atoms with Crippen LogP contribution in [-0.4, -0.2) is 33.7 Å². The summed E-state index contributed by atoms with van der Waals surface area (Å²) in [4.78, 5) is 32.6. The van der Waals surface area contributed by atoms with Gasteiger partial charge in [0.1, 0.15) is 6.04 Å². The van der Waals surface area contributed by atoms with Crippen molar-refractivity contribution in [2.24, 2.45) is 0 Å². The van der Waals surface area contributed by atoms with E-state index in [0.717, 1.165) is 15.3 Å². The number of carbonyl (C=O) groups excluding carboxylic acids is 1. The SMILES string of the molecule is CC(=O)N[C@@H](CSc1ccc(I)cc1[N+](=O)[O-])C(=O)O. The average molecular weight is 410 g/mol. The zero-order valence-corrected chi connectivity index (χ0v) is 13.3. The maximum atomic E-state index is 11.0. The van der Waals surface area contributed by atoms with Crippen LogP contribution in [0.25, 0.3) is 0 Å². The quantitative estimate of drug-likeness (QED) is 0.321. The molecule has 0 aliphatic carbocycles. The molecular weight excluding hydrogens is 399 g/mol. The Morgan fingerprint density at radius 2 is 2.20 bits per heavy atom. The fourth-order valence-electron chi connectivity index (χ4n) is 1.35. The first-order valence-corrected chi connectivity index (χ1v) is 7.44. The Morgan fingerprint density at radius 1 is 1.55 bits per heavy atom. The van der Waals surface area contributed by atoms with Crippen molar-refractivity contribution in [3.05, 3.63) is 31.9 Å². The summed E-state index contributed by atoms with van der Waals surface area (Å²) < 4.78 is 0.718. The number of nitro benzene ring substituents is 1. The van der Waals surface area contributed by atoms with E-state index in [0.29, 0.717) is 4.90 Å². The van der Waals surface area contributed by atoms with Crippen molar-refractivity contribution >= 4 is 51.9 Å². The Hall–Kier alpha value is -1.36. The third kappa shape index (κ3) is 4.96. The number of amides is 1. The van der Waals surface area contributed by atoms with E-state index in [1.165, 1.54) is 13.0 Å². The number of hydrogen-bond acceptors (Lipinski definition) is 5. The number of carboxylic acids is 1. The Morgan fingerprint density at radius 3 is 2.70 bits per heavy atom. The van der Waals surface area contributed by atoms with Crippen molar-refractivity contribution in [1.29, 1.82) is 0 Å². The summed E-state index contributed by atoms with van der Waals surface area (Å²) in [5.41, 5.74) is -0.0751. The Labute approximate surface area is 132 Å². The zero-order chi connectivity index (χ0) is 15.3. The molecule has 0 spiro atoms.